The molecule has 0 saturated carbocycles. The summed E-state index contributed by atoms with van der Waals surface area (Å²) in [5.74, 6) is 1.09. The average Bonchev–Trinajstić information content (AvgIpc) is 2.80. The second kappa shape index (κ2) is 5.21. The molecule has 5 heteroatoms. The molecule has 1 atom stereocenters. The van der Waals surface area contributed by atoms with Crippen LogP contribution in [0.1, 0.15) is 23.3 Å². The normalized spacial score (nSPS) is 19.6. The minimum absolute atomic E-state index is 0.118. The first kappa shape index (κ1) is 11.3. The summed E-state index contributed by atoms with van der Waals surface area (Å²) in [5.41, 5.74) is 6.50. The van der Waals surface area contributed by atoms with Gasteiger partial charge in [-0.05, 0) is 30.7 Å². The molecule has 0 aliphatic carbocycles. The maximum atomic E-state index is 11.7. The predicted octanol–water partition coefficient (Wildman–Crippen LogP) is 1.29. The van der Waals surface area contributed by atoms with Gasteiger partial charge < -0.3 is 11.1 Å². The number of aromatic nitrogens is 1. The molecule has 2 heterocycles. The van der Waals surface area contributed by atoms with E-state index in [0.29, 0.717) is 16.6 Å². The van der Waals surface area contributed by atoms with E-state index in [1.807, 2.05) is 11.8 Å². The van der Waals surface area contributed by atoms with Gasteiger partial charge in [0.2, 0.25) is 0 Å². The number of hydrogen-bond acceptors (Lipinski definition) is 4. The summed E-state index contributed by atoms with van der Waals surface area (Å²) >= 11 is 1.93. The van der Waals surface area contributed by atoms with E-state index < -0.39 is 0 Å². The quantitative estimate of drug-likeness (QED) is 0.831. The van der Waals surface area contributed by atoms with Crippen molar-refractivity contribution in [2.45, 2.75) is 18.1 Å². The molecule has 1 unspecified atom stereocenters. The number of hydrogen-bond donors (Lipinski definition) is 2. The molecule has 3 N–H and O–H groups in total. The van der Waals surface area contributed by atoms with Crippen LogP contribution in [0.15, 0.2) is 18.3 Å². The molecule has 16 heavy (non-hydrogen) atoms. The van der Waals surface area contributed by atoms with E-state index in [2.05, 4.69) is 10.3 Å². The molecule has 0 bridgehead atoms. The monoisotopic (exact) mass is 237 g/mol. The molecule has 1 aliphatic rings. The average molecular weight is 237 g/mol. The molecule has 0 aromatic carbocycles. The van der Waals surface area contributed by atoms with Crippen molar-refractivity contribution in [2.75, 3.05) is 18.0 Å². The fourth-order valence-electron chi connectivity index (χ4n) is 1.64. The number of pyridine rings is 1. The van der Waals surface area contributed by atoms with Crippen LogP contribution in [0, 0.1) is 0 Å². The third-order valence-corrected chi connectivity index (χ3v) is 3.93. The molecule has 0 spiro atoms. The first-order chi connectivity index (χ1) is 7.75. The third-order valence-electron chi connectivity index (χ3n) is 2.53. The highest BCUT2D eigenvalue weighted by molar-refractivity contribution is 8.00. The van der Waals surface area contributed by atoms with E-state index in [9.17, 15) is 4.79 Å². The van der Waals surface area contributed by atoms with Crippen molar-refractivity contribution < 1.29 is 4.79 Å². The zero-order chi connectivity index (χ0) is 11.4. The second-order valence-corrected chi connectivity index (χ2v) is 5.23. The van der Waals surface area contributed by atoms with Gasteiger partial charge in [-0.1, -0.05) is 0 Å². The van der Waals surface area contributed by atoms with E-state index in [1.165, 1.54) is 24.8 Å². The van der Waals surface area contributed by atoms with Gasteiger partial charge in [-0.2, -0.15) is 11.8 Å². The molecule has 1 aromatic rings. The molecule has 86 valence electrons. The number of nitrogen functional groups attached to an aromatic ring is 1. The number of carbonyl (C=O) groups is 1. The molecule has 1 amide bonds. The topological polar surface area (TPSA) is 68.0 Å². The third kappa shape index (κ3) is 2.88. The van der Waals surface area contributed by atoms with E-state index in [4.69, 9.17) is 5.73 Å². The molecular formula is C11H15N3OS. The summed E-state index contributed by atoms with van der Waals surface area (Å²) in [6.45, 7) is 0.732. The summed E-state index contributed by atoms with van der Waals surface area (Å²) in [4.78, 5) is 15.7. The predicted molar refractivity (Wildman–Crippen MR) is 66.5 cm³/mol. The lowest BCUT2D eigenvalue weighted by Gasteiger charge is -2.09. The number of nitrogens with zero attached hydrogens (tertiary/aromatic N) is 1. The first-order valence-electron chi connectivity index (χ1n) is 5.37. The van der Waals surface area contributed by atoms with Gasteiger partial charge in [0, 0.05) is 11.8 Å². The zero-order valence-electron chi connectivity index (χ0n) is 8.98. The van der Waals surface area contributed by atoms with Crippen molar-refractivity contribution >= 4 is 23.4 Å². The SMILES string of the molecule is Nc1ccc(C(=O)NCC2CCCS2)nc1. The largest absolute Gasteiger partial charge is 0.397 e. The first-order valence-corrected chi connectivity index (χ1v) is 6.42. The maximum Gasteiger partial charge on any atom is 0.269 e. The fraction of sp³-hybridized carbons (Fsp3) is 0.455. The zero-order valence-corrected chi connectivity index (χ0v) is 9.80. The van der Waals surface area contributed by atoms with Crippen LogP contribution in [-0.4, -0.2) is 28.4 Å². The lowest BCUT2D eigenvalue weighted by atomic mass is 10.2. The van der Waals surface area contributed by atoms with Gasteiger partial charge in [0.15, 0.2) is 0 Å². The van der Waals surface area contributed by atoms with Crippen molar-refractivity contribution in [2.24, 2.45) is 0 Å². The van der Waals surface area contributed by atoms with Crippen LogP contribution >= 0.6 is 11.8 Å². The minimum Gasteiger partial charge on any atom is -0.397 e. The smallest absolute Gasteiger partial charge is 0.269 e. The van der Waals surface area contributed by atoms with Crippen molar-refractivity contribution in [1.82, 2.24) is 10.3 Å². The molecule has 4 nitrogen and oxygen atoms in total. The number of amides is 1. The summed E-state index contributed by atoms with van der Waals surface area (Å²) < 4.78 is 0. The summed E-state index contributed by atoms with van der Waals surface area (Å²) in [6.07, 6.45) is 3.95. The molecule has 0 radical (unpaired) electrons. The van der Waals surface area contributed by atoms with Gasteiger partial charge in [-0.25, -0.2) is 4.98 Å². The van der Waals surface area contributed by atoms with E-state index in [-0.39, 0.29) is 5.91 Å². The Morgan fingerprint density at radius 3 is 3.12 bits per heavy atom. The molecule has 2 rings (SSSR count). The highest BCUT2D eigenvalue weighted by atomic mass is 32.2. The van der Waals surface area contributed by atoms with Gasteiger partial charge in [0.05, 0.1) is 11.9 Å². The highest BCUT2D eigenvalue weighted by Gasteiger charge is 2.16. The van der Waals surface area contributed by atoms with Crippen molar-refractivity contribution in [3.8, 4) is 0 Å². The Hall–Kier alpha value is -1.23. The van der Waals surface area contributed by atoms with Gasteiger partial charge in [0.25, 0.3) is 5.91 Å². The van der Waals surface area contributed by atoms with Crippen molar-refractivity contribution in [1.29, 1.82) is 0 Å². The van der Waals surface area contributed by atoms with E-state index >= 15 is 0 Å². The Balaban J connectivity index is 1.85. The Morgan fingerprint density at radius 2 is 2.50 bits per heavy atom. The number of thioether (sulfide) groups is 1. The Labute approximate surface area is 99.0 Å². The number of nitrogens with two attached hydrogens (primary N) is 1. The van der Waals surface area contributed by atoms with Crippen LogP contribution in [0.2, 0.25) is 0 Å². The van der Waals surface area contributed by atoms with Gasteiger partial charge in [-0.3, -0.25) is 4.79 Å². The lowest BCUT2D eigenvalue weighted by Crippen LogP contribution is -2.30. The molecular weight excluding hydrogens is 222 g/mol. The summed E-state index contributed by atoms with van der Waals surface area (Å²) in [7, 11) is 0. The number of carbonyl (C=O) groups excluding carboxylic acids is 1. The minimum atomic E-state index is -0.118. The Bertz CT molecular complexity index is 360. The van der Waals surface area contributed by atoms with Crippen LogP contribution in [-0.2, 0) is 0 Å². The summed E-state index contributed by atoms with van der Waals surface area (Å²) in [6, 6.07) is 3.33. The van der Waals surface area contributed by atoms with Crippen LogP contribution in [0.5, 0.6) is 0 Å². The standard InChI is InChI=1S/C11H15N3OS/c12-8-3-4-10(13-6-8)11(15)14-7-9-2-1-5-16-9/h3-4,6,9H,1-2,5,7,12H2,(H,14,15). The number of nitrogens with one attached hydrogen (secondary N) is 1. The van der Waals surface area contributed by atoms with Crippen LogP contribution in [0.25, 0.3) is 0 Å². The van der Waals surface area contributed by atoms with E-state index in [0.717, 1.165) is 6.54 Å². The second-order valence-electron chi connectivity index (χ2n) is 3.82. The fourth-order valence-corrected chi connectivity index (χ4v) is 2.84. The molecule has 1 aliphatic heterocycles. The van der Waals surface area contributed by atoms with Gasteiger partial charge in [-0.15, -0.1) is 0 Å². The Morgan fingerprint density at radius 1 is 1.62 bits per heavy atom. The van der Waals surface area contributed by atoms with Gasteiger partial charge in [0.1, 0.15) is 5.69 Å². The van der Waals surface area contributed by atoms with Crippen LogP contribution < -0.4 is 11.1 Å². The lowest BCUT2D eigenvalue weighted by molar-refractivity contribution is 0.0949. The molecule has 1 fully saturated rings. The van der Waals surface area contributed by atoms with Crippen molar-refractivity contribution in [3.63, 3.8) is 0 Å². The maximum absolute atomic E-state index is 11.7. The van der Waals surface area contributed by atoms with Crippen LogP contribution in [0.4, 0.5) is 5.69 Å². The molecule has 1 aromatic heterocycles. The molecule has 1 saturated heterocycles. The van der Waals surface area contributed by atoms with Gasteiger partial charge >= 0.3 is 0 Å². The van der Waals surface area contributed by atoms with Crippen molar-refractivity contribution in [3.05, 3.63) is 24.0 Å². The summed E-state index contributed by atoms with van der Waals surface area (Å²) in [5, 5.41) is 3.46. The number of anilines is 1. The highest BCUT2D eigenvalue weighted by Crippen LogP contribution is 2.25. The number of rotatable bonds is 3. The van der Waals surface area contributed by atoms with E-state index in [1.54, 1.807) is 12.1 Å². The van der Waals surface area contributed by atoms with Crippen LogP contribution in [0.3, 0.4) is 0 Å². The Kier molecular flexibility index (Phi) is 3.66.